The standard InChI is InChI=1S/C15H20INO/c1-2-11-7-8-17-14(9-11)10-15(18)12-3-5-13(16)6-4-12/h3-6,11,14,17H,2,7-10H2,1H3. The Morgan fingerprint density at radius 2 is 2.11 bits per heavy atom. The number of hydrogen-bond acceptors (Lipinski definition) is 2. The maximum atomic E-state index is 12.2. The molecule has 1 aliphatic rings. The maximum Gasteiger partial charge on any atom is 0.164 e. The summed E-state index contributed by atoms with van der Waals surface area (Å²) in [5, 5.41) is 3.47. The lowest BCUT2D eigenvalue weighted by Gasteiger charge is -2.29. The second-order valence-electron chi connectivity index (χ2n) is 5.08. The number of rotatable bonds is 4. The molecule has 0 bridgehead atoms. The van der Waals surface area contributed by atoms with Crippen molar-refractivity contribution in [3.05, 3.63) is 33.4 Å². The minimum atomic E-state index is 0.264. The third-order valence-corrected chi connectivity index (χ3v) is 4.50. The van der Waals surface area contributed by atoms with Gasteiger partial charge in [-0.25, -0.2) is 0 Å². The van der Waals surface area contributed by atoms with Gasteiger partial charge in [0.15, 0.2) is 5.78 Å². The summed E-state index contributed by atoms with van der Waals surface area (Å²) in [6.45, 7) is 3.30. The number of hydrogen-bond donors (Lipinski definition) is 1. The van der Waals surface area contributed by atoms with Gasteiger partial charge in [-0.3, -0.25) is 4.79 Å². The molecule has 0 amide bonds. The van der Waals surface area contributed by atoms with Crippen molar-refractivity contribution in [2.45, 2.75) is 38.6 Å². The van der Waals surface area contributed by atoms with Gasteiger partial charge in [0.25, 0.3) is 0 Å². The van der Waals surface area contributed by atoms with Crippen LogP contribution in [0.25, 0.3) is 0 Å². The average molecular weight is 357 g/mol. The fourth-order valence-electron chi connectivity index (χ4n) is 2.60. The number of piperidine rings is 1. The Kier molecular flexibility index (Phi) is 5.18. The van der Waals surface area contributed by atoms with Crippen molar-refractivity contribution < 1.29 is 4.79 Å². The highest BCUT2D eigenvalue weighted by Gasteiger charge is 2.22. The van der Waals surface area contributed by atoms with E-state index in [1.54, 1.807) is 0 Å². The van der Waals surface area contributed by atoms with E-state index in [0.717, 1.165) is 24.4 Å². The van der Waals surface area contributed by atoms with E-state index >= 15 is 0 Å². The van der Waals surface area contributed by atoms with Crippen molar-refractivity contribution in [1.82, 2.24) is 5.32 Å². The van der Waals surface area contributed by atoms with E-state index in [4.69, 9.17) is 0 Å². The summed E-state index contributed by atoms with van der Waals surface area (Å²) in [4.78, 5) is 12.2. The molecule has 2 atom stereocenters. The van der Waals surface area contributed by atoms with E-state index in [-0.39, 0.29) is 5.78 Å². The van der Waals surface area contributed by atoms with Crippen molar-refractivity contribution in [2.24, 2.45) is 5.92 Å². The molecule has 0 saturated carbocycles. The lowest BCUT2D eigenvalue weighted by Crippen LogP contribution is -2.39. The van der Waals surface area contributed by atoms with Gasteiger partial charge < -0.3 is 5.32 Å². The highest BCUT2D eigenvalue weighted by molar-refractivity contribution is 14.1. The Hall–Kier alpha value is -0.420. The van der Waals surface area contributed by atoms with Crippen LogP contribution in [0.1, 0.15) is 43.0 Å². The third-order valence-electron chi connectivity index (χ3n) is 3.78. The summed E-state index contributed by atoms with van der Waals surface area (Å²) in [7, 11) is 0. The normalized spacial score (nSPS) is 23.9. The largest absolute Gasteiger partial charge is 0.314 e. The molecule has 1 aliphatic heterocycles. The monoisotopic (exact) mass is 357 g/mol. The Morgan fingerprint density at radius 3 is 2.78 bits per heavy atom. The quantitative estimate of drug-likeness (QED) is 0.659. The molecule has 1 aromatic rings. The van der Waals surface area contributed by atoms with Crippen LogP contribution in [0.4, 0.5) is 0 Å². The lowest BCUT2D eigenvalue weighted by molar-refractivity contribution is 0.0957. The highest BCUT2D eigenvalue weighted by Crippen LogP contribution is 2.22. The number of benzene rings is 1. The summed E-state index contributed by atoms with van der Waals surface area (Å²) in [6.07, 6.45) is 4.27. The van der Waals surface area contributed by atoms with E-state index < -0.39 is 0 Å². The Morgan fingerprint density at radius 1 is 1.39 bits per heavy atom. The zero-order valence-electron chi connectivity index (χ0n) is 10.8. The Labute approximate surface area is 123 Å². The van der Waals surface area contributed by atoms with Crippen LogP contribution in [-0.4, -0.2) is 18.4 Å². The minimum absolute atomic E-state index is 0.264. The summed E-state index contributed by atoms with van der Waals surface area (Å²) < 4.78 is 1.17. The smallest absolute Gasteiger partial charge is 0.164 e. The molecule has 1 N–H and O–H groups in total. The molecule has 1 heterocycles. The fourth-order valence-corrected chi connectivity index (χ4v) is 2.96. The molecule has 0 radical (unpaired) electrons. The summed E-state index contributed by atoms with van der Waals surface area (Å²) >= 11 is 2.26. The fraction of sp³-hybridized carbons (Fsp3) is 0.533. The average Bonchev–Trinajstić information content (AvgIpc) is 2.39. The molecule has 3 heteroatoms. The number of carbonyl (C=O) groups excluding carboxylic acids is 1. The van der Waals surface area contributed by atoms with Crippen molar-refractivity contribution in [2.75, 3.05) is 6.54 Å². The Bertz CT molecular complexity index is 401. The van der Waals surface area contributed by atoms with Gasteiger partial charge in [0.2, 0.25) is 0 Å². The molecule has 1 saturated heterocycles. The molecule has 2 unspecified atom stereocenters. The second-order valence-corrected chi connectivity index (χ2v) is 6.33. The highest BCUT2D eigenvalue weighted by atomic mass is 127. The van der Waals surface area contributed by atoms with E-state index in [1.165, 1.54) is 16.4 Å². The predicted octanol–water partition coefficient (Wildman–Crippen LogP) is 3.64. The van der Waals surface area contributed by atoms with Gasteiger partial charge in [0.05, 0.1) is 0 Å². The van der Waals surface area contributed by atoms with E-state index in [9.17, 15) is 4.79 Å². The zero-order chi connectivity index (χ0) is 13.0. The van der Waals surface area contributed by atoms with Gasteiger partial charge in [-0.05, 0) is 60.0 Å². The minimum Gasteiger partial charge on any atom is -0.314 e. The number of Topliss-reactive ketones (excluding diaryl/α,β-unsaturated/α-hetero) is 1. The number of carbonyl (C=O) groups is 1. The lowest BCUT2D eigenvalue weighted by atomic mass is 9.87. The molecule has 1 aromatic carbocycles. The number of ketones is 1. The maximum absolute atomic E-state index is 12.2. The van der Waals surface area contributed by atoms with Gasteiger partial charge in [-0.15, -0.1) is 0 Å². The van der Waals surface area contributed by atoms with E-state index in [2.05, 4.69) is 34.8 Å². The van der Waals surface area contributed by atoms with Gasteiger partial charge in [0.1, 0.15) is 0 Å². The topological polar surface area (TPSA) is 29.1 Å². The molecular weight excluding hydrogens is 337 g/mol. The third kappa shape index (κ3) is 3.79. The van der Waals surface area contributed by atoms with Crippen LogP contribution in [-0.2, 0) is 0 Å². The predicted molar refractivity (Wildman–Crippen MR) is 82.9 cm³/mol. The van der Waals surface area contributed by atoms with Crippen LogP contribution < -0.4 is 5.32 Å². The first-order valence-corrected chi connectivity index (χ1v) is 7.79. The van der Waals surface area contributed by atoms with Gasteiger partial charge >= 0.3 is 0 Å². The zero-order valence-corrected chi connectivity index (χ0v) is 12.9. The van der Waals surface area contributed by atoms with Gasteiger partial charge in [-0.1, -0.05) is 25.5 Å². The Balaban J connectivity index is 1.92. The van der Waals surface area contributed by atoms with Crippen molar-refractivity contribution in [3.63, 3.8) is 0 Å². The van der Waals surface area contributed by atoms with Crippen LogP contribution >= 0.6 is 22.6 Å². The van der Waals surface area contributed by atoms with Crippen LogP contribution in [0, 0.1) is 9.49 Å². The molecule has 18 heavy (non-hydrogen) atoms. The first kappa shape index (κ1) is 14.0. The van der Waals surface area contributed by atoms with Crippen LogP contribution in [0.2, 0.25) is 0 Å². The molecule has 2 rings (SSSR count). The first-order valence-electron chi connectivity index (χ1n) is 6.71. The molecule has 1 fully saturated rings. The summed E-state index contributed by atoms with van der Waals surface area (Å²) in [6, 6.07) is 8.23. The van der Waals surface area contributed by atoms with Crippen molar-refractivity contribution in [1.29, 1.82) is 0 Å². The summed E-state index contributed by atoms with van der Waals surface area (Å²) in [5.74, 6) is 1.06. The van der Waals surface area contributed by atoms with E-state index in [1.807, 2.05) is 24.3 Å². The van der Waals surface area contributed by atoms with Gasteiger partial charge in [0, 0.05) is 21.6 Å². The van der Waals surface area contributed by atoms with Crippen molar-refractivity contribution >= 4 is 28.4 Å². The number of halogens is 1. The summed E-state index contributed by atoms with van der Waals surface area (Å²) in [5.41, 5.74) is 0.843. The molecular formula is C15H20INO. The molecule has 0 aromatic heterocycles. The van der Waals surface area contributed by atoms with Crippen LogP contribution in [0.15, 0.2) is 24.3 Å². The second kappa shape index (κ2) is 6.66. The van der Waals surface area contributed by atoms with Crippen LogP contribution in [0.3, 0.4) is 0 Å². The molecule has 98 valence electrons. The van der Waals surface area contributed by atoms with Crippen LogP contribution in [0.5, 0.6) is 0 Å². The molecule has 0 aliphatic carbocycles. The molecule has 2 nitrogen and oxygen atoms in total. The SMILES string of the molecule is CCC1CCNC(CC(=O)c2ccc(I)cc2)C1. The number of nitrogens with one attached hydrogen (secondary N) is 1. The van der Waals surface area contributed by atoms with Gasteiger partial charge in [-0.2, -0.15) is 0 Å². The molecule has 0 spiro atoms. The van der Waals surface area contributed by atoms with Crippen molar-refractivity contribution in [3.8, 4) is 0 Å². The van der Waals surface area contributed by atoms with E-state index in [0.29, 0.717) is 12.5 Å². The first-order chi connectivity index (χ1) is 8.69.